The van der Waals surface area contributed by atoms with Crippen molar-refractivity contribution in [3.8, 4) is 0 Å². The van der Waals surface area contributed by atoms with Crippen LogP contribution >= 0.6 is 0 Å². The molecular weight excluding hydrogens is 242 g/mol. The Hall–Kier alpha value is -0.670. The van der Waals surface area contributed by atoms with Crippen molar-refractivity contribution in [3.63, 3.8) is 0 Å². The molecule has 0 radical (unpaired) electrons. The van der Waals surface area contributed by atoms with Gasteiger partial charge in [0.2, 0.25) is 0 Å². The van der Waals surface area contributed by atoms with Crippen LogP contribution in [-0.2, 0) is 23.8 Å². The van der Waals surface area contributed by atoms with Crippen LogP contribution in [0.4, 0.5) is 0 Å². The van der Waals surface area contributed by atoms with E-state index in [1.54, 1.807) is 0 Å². The topological polar surface area (TPSA) is 43.1 Å². The Balaban J connectivity index is 2.14. The fourth-order valence-corrected chi connectivity index (χ4v) is 3.25. The third kappa shape index (κ3) is 2.83. The van der Waals surface area contributed by atoms with Gasteiger partial charge in [0.25, 0.3) is 0 Å². The summed E-state index contributed by atoms with van der Waals surface area (Å²) >= 11 is 0. The molecule has 0 bridgehead atoms. The molecule has 1 aromatic carbocycles. The average Bonchev–Trinajstić information content (AvgIpc) is 2.74. The van der Waals surface area contributed by atoms with Crippen molar-refractivity contribution in [1.29, 1.82) is 0 Å². The predicted molar refractivity (Wildman–Crippen MR) is 77.9 cm³/mol. The van der Waals surface area contributed by atoms with E-state index in [-0.39, 0.29) is 4.75 Å². The van der Waals surface area contributed by atoms with Crippen molar-refractivity contribution in [2.45, 2.75) is 57.1 Å². The van der Waals surface area contributed by atoms with Gasteiger partial charge in [-0.3, -0.25) is 5.14 Å². The first-order valence-electron chi connectivity index (χ1n) is 6.68. The van der Waals surface area contributed by atoms with Crippen LogP contribution in [0.15, 0.2) is 18.2 Å². The maximum Gasteiger partial charge on any atom is 0.0945 e. The van der Waals surface area contributed by atoms with Gasteiger partial charge in [-0.2, -0.15) is 0 Å². The minimum atomic E-state index is -1.27. The molecule has 2 rings (SSSR count). The Morgan fingerprint density at radius 3 is 2.67 bits per heavy atom. The zero-order chi connectivity index (χ0) is 13.3. The van der Waals surface area contributed by atoms with Crippen LogP contribution in [0.2, 0.25) is 0 Å². The molecule has 1 aromatic rings. The second-order valence-electron chi connectivity index (χ2n) is 6.04. The molecule has 0 aliphatic heterocycles. The highest BCUT2D eigenvalue weighted by Gasteiger charge is 2.27. The van der Waals surface area contributed by atoms with Crippen LogP contribution in [-0.4, -0.2) is 8.96 Å². The van der Waals surface area contributed by atoms with Crippen molar-refractivity contribution in [2.75, 3.05) is 0 Å². The van der Waals surface area contributed by atoms with Crippen LogP contribution in [0.1, 0.15) is 56.2 Å². The molecule has 1 aliphatic carbocycles. The molecule has 1 aliphatic rings. The monoisotopic (exact) mass is 265 g/mol. The van der Waals surface area contributed by atoms with E-state index in [1.807, 2.05) is 13.8 Å². The Morgan fingerprint density at radius 1 is 1.33 bits per heavy atom. The summed E-state index contributed by atoms with van der Waals surface area (Å²) in [5.41, 5.74) is 4.37. The first-order chi connectivity index (χ1) is 8.40. The maximum absolute atomic E-state index is 11.5. The Kier molecular flexibility index (Phi) is 3.93. The van der Waals surface area contributed by atoms with Crippen LogP contribution in [0.25, 0.3) is 0 Å². The summed E-state index contributed by atoms with van der Waals surface area (Å²) in [6.45, 7) is 6.16. The summed E-state index contributed by atoms with van der Waals surface area (Å²) < 4.78 is 11.2. The number of hydrogen-bond acceptors (Lipinski definition) is 1. The number of hydrogen-bond donors (Lipinski definition) is 1. The Morgan fingerprint density at radius 2 is 2.00 bits per heavy atom. The average molecular weight is 265 g/mol. The van der Waals surface area contributed by atoms with E-state index < -0.39 is 11.0 Å². The van der Waals surface area contributed by atoms with Gasteiger partial charge in [-0.25, -0.2) is 4.21 Å². The van der Waals surface area contributed by atoms with E-state index in [9.17, 15) is 4.21 Å². The lowest BCUT2D eigenvalue weighted by Crippen LogP contribution is -2.33. The lowest BCUT2D eigenvalue weighted by Gasteiger charge is -2.25. The second-order valence-corrected chi connectivity index (χ2v) is 7.74. The summed E-state index contributed by atoms with van der Waals surface area (Å²) in [5, 5.41) is 5.56. The minimum Gasteiger partial charge on any atom is -0.251 e. The molecule has 0 fully saturated rings. The Bertz CT molecular complexity index is 468. The van der Waals surface area contributed by atoms with Crippen LogP contribution in [0, 0.1) is 0 Å². The molecule has 0 saturated heterocycles. The summed E-state index contributed by atoms with van der Waals surface area (Å²) in [7, 11) is -1.27. The number of nitrogens with two attached hydrogens (primary N) is 1. The lowest BCUT2D eigenvalue weighted by molar-refractivity contribution is 0.540. The van der Waals surface area contributed by atoms with Gasteiger partial charge in [-0.15, -0.1) is 0 Å². The molecular formula is C15H23NOS. The quantitative estimate of drug-likeness (QED) is 0.893. The molecule has 0 heterocycles. The number of benzene rings is 1. The molecule has 2 nitrogen and oxygen atoms in total. The highest BCUT2D eigenvalue weighted by atomic mass is 32.2. The van der Waals surface area contributed by atoms with E-state index in [0.717, 1.165) is 6.42 Å². The van der Waals surface area contributed by atoms with Gasteiger partial charge in [0.05, 0.1) is 15.7 Å². The van der Waals surface area contributed by atoms with Gasteiger partial charge in [-0.05, 0) is 62.1 Å². The molecule has 2 atom stereocenters. The number of fused-ring (bicyclic) bond motifs is 1. The van der Waals surface area contributed by atoms with Crippen LogP contribution < -0.4 is 5.14 Å². The minimum absolute atomic E-state index is 0.321. The molecule has 0 aromatic heterocycles. The summed E-state index contributed by atoms with van der Waals surface area (Å²) in [6.07, 6.45) is 4.57. The molecule has 0 saturated carbocycles. The van der Waals surface area contributed by atoms with E-state index in [2.05, 4.69) is 25.1 Å². The first-order valence-corrected chi connectivity index (χ1v) is 7.89. The molecule has 100 valence electrons. The van der Waals surface area contributed by atoms with Gasteiger partial charge >= 0.3 is 0 Å². The molecule has 3 heteroatoms. The van der Waals surface area contributed by atoms with Gasteiger partial charge in [0.15, 0.2) is 0 Å². The van der Waals surface area contributed by atoms with E-state index in [1.165, 1.54) is 36.0 Å². The fourth-order valence-electron chi connectivity index (χ4n) is 2.84. The summed E-state index contributed by atoms with van der Waals surface area (Å²) in [5.74, 6) is 0.401. The fraction of sp³-hybridized carbons (Fsp3) is 0.600. The second kappa shape index (κ2) is 5.14. The first kappa shape index (κ1) is 13.8. The van der Waals surface area contributed by atoms with Crippen LogP contribution in [0.3, 0.4) is 0 Å². The molecule has 18 heavy (non-hydrogen) atoms. The normalized spacial score (nSPS) is 18.4. The highest BCUT2D eigenvalue weighted by molar-refractivity contribution is 7.84. The van der Waals surface area contributed by atoms with Crippen molar-refractivity contribution in [2.24, 2.45) is 5.14 Å². The number of rotatable bonds is 4. The Labute approximate surface area is 113 Å². The smallest absolute Gasteiger partial charge is 0.0945 e. The largest absolute Gasteiger partial charge is 0.251 e. The molecule has 0 spiro atoms. The highest BCUT2D eigenvalue weighted by Crippen LogP contribution is 2.31. The maximum atomic E-state index is 11.5. The predicted octanol–water partition coefficient (Wildman–Crippen LogP) is 3.07. The van der Waals surface area contributed by atoms with Gasteiger partial charge in [0.1, 0.15) is 0 Å². The van der Waals surface area contributed by atoms with Gasteiger partial charge < -0.3 is 0 Å². The SMILES string of the molecule is C[C@@H](CC(C)(C)S(N)=O)c1ccc2c(c1)CCC2. The van der Waals surface area contributed by atoms with E-state index in [4.69, 9.17) is 5.14 Å². The van der Waals surface area contributed by atoms with Crippen LogP contribution in [0.5, 0.6) is 0 Å². The van der Waals surface area contributed by atoms with E-state index >= 15 is 0 Å². The van der Waals surface area contributed by atoms with Crippen molar-refractivity contribution in [1.82, 2.24) is 0 Å². The molecule has 0 amide bonds. The zero-order valence-corrected chi connectivity index (χ0v) is 12.3. The van der Waals surface area contributed by atoms with E-state index in [0.29, 0.717) is 5.92 Å². The molecule has 1 unspecified atom stereocenters. The van der Waals surface area contributed by atoms with Crippen molar-refractivity contribution >= 4 is 11.0 Å². The van der Waals surface area contributed by atoms with Crippen molar-refractivity contribution in [3.05, 3.63) is 34.9 Å². The van der Waals surface area contributed by atoms with Gasteiger partial charge in [-0.1, -0.05) is 25.1 Å². The zero-order valence-electron chi connectivity index (χ0n) is 11.5. The standard InChI is InChI=1S/C15H23NOS/c1-11(10-15(2,3)18(16)17)13-8-7-12-5-4-6-14(12)9-13/h7-9,11H,4-6,10,16H2,1-3H3/t11-,18?/m0/s1. The third-order valence-electron chi connectivity index (χ3n) is 4.03. The lowest BCUT2D eigenvalue weighted by atomic mass is 9.90. The summed E-state index contributed by atoms with van der Waals surface area (Å²) in [6, 6.07) is 6.83. The number of aryl methyl sites for hydroxylation is 2. The van der Waals surface area contributed by atoms with Gasteiger partial charge in [0, 0.05) is 0 Å². The summed E-state index contributed by atoms with van der Waals surface area (Å²) in [4.78, 5) is 0. The third-order valence-corrected chi connectivity index (χ3v) is 5.29. The molecule has 2 N–H and O–H groups in total. The van der Waals surface area contributed by atoms with Crippen molar-refractivity contribution < 1.29 is 4.21 Å².